The number of nitrogens with zero attached hydrogens (tertiary/aromatic N) is 2. The Bertz CT molecular complexity index is 275. The molecule has 0 N–H and O–H groups in total. The average Bonchev–Trinajstić information content (AvgIpc) is 2.45. The van der Waals surface area contributed by atoms with Gasteiger partial charge in [0, 0.05) is 23.2 Å². The molecule has 0 spiro atoms. The molecule has 1 rings (SSSR count). The standard InChI is InChI=1S/C8H10N2S2/c1-7-6-12-8(10-7)11-5-3-2-4-9/h6H,2-3,5H2,1H3. The monoisotopic (exact) mass is 198 g/mol. The van der Waals surface area contributed by atoms with Gasteiger partial charge in [-0.05, 0) is 13.3 Å². The average molecular weight is 198 g/mol. The van der Waals surface area contributed by atoms with Gasteiger partial charge in [0.2, 0.25) is 0 Å². The van der Waals surface area contributed by atoms with Crippen LogP contribution in [-0.4, -0.2) is 10.7 Å². The number of nitriles is 1. The molecule has 0 aliphatic heterocycles. The van der Waals surface area contributed by atoms with Gasteiger partial charge in [0.15, 0.2) is 0 Å². The lowest BCUT2D eigenvalue weighted by Crippen LogP contribution is -1.78. The van der Waals surface area contributed by atoms with Gasteiger partial charge in [0.25, 0.3) is 0 Å². The van der Waals surface area contributed by atoms with Gasteiger partial charge in [-0.25, -0.2) is 4.98 Å². The van der Waals surface area contributed by atoms with Crippen LogP contribution < -0.4 is 0 Å². The molecule has 12 heavy (non-hydrogen) atoms. The zero-order valence-electron chi connectivity index (χ0n) is 6.91. The lowest BCUT2D eigenvalue weighted by atomic mass is 10.4. The smallest absolute Gasteiger partial charge is 0.150 e. The largest absolute Gasteiger partial charge is 0.235 e. The van der Waals surface area contributed by atoms with Gasteiger partial charge in [0.05, 0.1) is 6.07 Å². The van der Waals surface area contributed by atoms with Crippen LogP contribution in [0.25, 0.3) is 0 Å². The first-order valence-corrected chi connectivity index (χ1v) is 5.61. The van der Waals surface area contributed by atoms with E-state index in [1.54, 1.807) is 23.1 Å². The van der Waals surface area contributed by atoms with E-state index in [1.165, 1.54) is 0 Å². The van der Waals surface area contributed by atoms with Crippen molar-refractivity contribution in [2.45, 2.75) is 24.1 Å². The molecule has 0 bridgehead atoms. The van der Waals surface area contributed by atoms with E-state index in [4.69, 9.17) is 5.26 Å². The molecule has 0 saturated heterocycles. The van der Waals surface area contributed by atoms with Crippen molar-refractivity contribution in [3.63, 3.8) is 0 Å². The fourth-order valence-electron chi connectivity index (χ4n) is 0.709. The third-order valence-corrected chi connectivity index (χ3v) is 3.48. The zero-order valence-corrected chi connectivity index (χ0v) is 8.54. The highest BCUT2D eigenvalue weighted by molar-refractivity contribution is 8.00. The molecule has 0 radical (unpaired) electrons. The molecule has 1 aromatic heterocycles. The Morgan fingerprint density at radius 3 is 3.17 bits per heavy atom. The number of rotatable bonds is 4. The van der Waals surface area contributed by atoms with E-state index < -0.39 is 0 Å². The summed E-state index contributed by atoms with van der Waals surface area (Å²) in [6.07, 6.45) is 1.61. The van der Waals surface area contributed by atoms with Crippen LogP contribution in [-0.2, 0) is 0 Å². The molecule has 4 heteroatoms. The van der Waals surface area contributed by atoms with Gasteiger partial charge in [-0.1, -0.05) is 11.8 Å². The molecule has 0 fully saturated rings. The van der Waals surface area contributed by atoms with Crippen LogP contribution in [0.2, 0.25) is 0 Å². The number of aromatic nitrogens is 1. The molecule has 0 amide bonds. The fraction of sp³-hybridized carbons (Fsp3) is 0.500. The summed E-state index contributed by atoms with van der Waals surface area (Å²) >= 11 is 3.41. The summed E-state index contributed by atoms with van der Waals surface area (Å²) in [5, 5.41) is 10.3. The van der Waals surface area contributed by atoms with Crippen LogP contribution in [0.3, 0.4) is 0 Å². The highest BCUT2D eigenvalue weighted by Gasteiger charge is 1.97. The van der Waals surface area contributed by atoms with E-state index in [0.29, 0.717) is 6.42 Å². The second kappa shape index (κ2) is 5.18. The Balaban J connectivity index is 2.21. The number of hydrogen-bond acceptors (Lipinski definition) is 4. The first kappa shape index (κ1) is 9.56. The molecule has 1 aromatic rings. The molecule has 0 aliphatic carbocycles. The van der Waals surface area contributed by atoms with Gasteiger partial charge in [0.1, 0.15) is 4.34 Å². The Hall–Kier alpha value is -0.530. The van der Waals surface area contributed by atoms with Crippen molar-refractivity contribution in [2.75, 3.05) is 5.75 Å². The van der Waals surface area contributed by atoms with E-state index >= 15 is 0 Å². The van der Waals surface area contributed by atoms with Crippen molar-refractivity contribution in [1.82, 2.24) is 4.98 Å². The van der Waals surface area contributed by atoms with Crippen molar-refractivity contribution in [3.05, 3.63) is 11.1 Å². The van der Waals surface area contributed by atoms with Crippen molar-refractivity contribution >= 4 is 23.1 Å². The molecule has 2 nitrogen and oxygen atoms in total. The highest BCUT2D eigenvalue weighted by Crippen LogP contribution is 2.22. The van der Waals surface area contributed by atoms with E-state index in [9.17, 15) is 0 Å². The lowest BCUT2D eigenvalue weighted by molar-refractivity contribution is 0.979. The van der Waals surface area contributed by atoms with Gasteiger partial charge in [-0.15, -0.1) is 11.3 Å². The SMILES string of the molecule is Cc1csc(SCCCC#N)n1. The number of hydrogen-bond donors (Lipinski definition) is 0. The zero-order chi connectivity index (χ0) is 8.81. The first-order chi connectivity index (χ1) is 5.83. The molecule has 0 aliphatic rings. The number of thioether (sulfide) groups is 1. The maximum Gasteiger partial charge on any atom is 0.150 e. The van der Waals surface area contributed by atoms with Crippen molar-refractivity contribution in [2.24, 2.45) is 0 Å². The van der Waals surface area contributed by atoms with Crippen molar-refractivity contribution in [3.8, 4) is 6.07 Å². The second-order valence-electron chi connectivity index (χ2n) is 2.36. The minimum Gasteiger partial charge on any atom is -0.235 e. The highest BCUT2D eigenvalue weighted by atomic mass is 32.2. The third-order valence-electron chi connectivity index (χ3n) is 1.26. The second-order valence-corrected chi connectivity index (χ2v) is 4.57. The van der Waals surface area contributed by atoms with Gasteiger partial charge in [-0.2, -0.15) is 5.26 Å². The molecular weight excluding hydrogens is 188 g/mol. The van der Waals surface area contributed by atoms with Crippen LogP contribution in [0.5, 0.6) is 0 Å². The third kappa shape index (κ3) is 3.24. The summed E-state index contributed by atoms with van der Waals surface area (Å²) in [7, 11) is 0. The summed E-state index contributed by atoms with van der Waals surface area (Å²) in [6.45, 7) is 2.00. The molecule has 0 aromatic carbocycles. The van der Waals surface area contributed by atoms with Gasteiger partial charge in [-0.3, -0.25) is 0 Å². The fourth-order valence-corrected chi connectivity index (χ4v) is 2.57. The topological polar surface area (TPSA) is 36.7 Å². The molecule has 1 heterocycles. The Morgan fingerprint density at radius 2 is 2.58 bits per heavy atom. The molecule has 0 unspecified atom stereocenters. The minimum absolute atomic E-state index is 0.650. The number of thiazole rings is 1. The van der Waals surface area contributed by atoms with Crippen molar-refractivity contribution in [1.29, 1.82) is 5.26 Å². The van der Waals surface area contributed by atoms with E-state index in [0.717, 1.165) is 22.2 Å². The van der Waals surface area contributed by atoms with Gasteiger partial charge < -0.3 is 0 Å². The summed E-state index contributed by atoms with van der Waals surface area (Å²) in [5.74, 6) is 1.00. The quantitative estimate of drug-likeness (QED) is 0.551. The van der Waals surface area contributed by atoms with Crippen LogP contribution in [0.15, 0.2) is 9.72 Å². The summed E-state index contributed by atoms with van der Waals surface area (Å²) in [4.78, 5) is 4.31. The summed E-state index contributed by atoms with van der Waals surface area (Å²) in [5.41, 5.74) is 1.09. The van der Waals surface area contributed by atoms with Crippen LogP contribution >= 0.6 is 23.1 Å². The van der Waals surface area contributed by atoms with E-state index in [2.05, 4.69) is 11.1 Å². The Kier molecular flexibility index (Phi) is 4.12. The van der Waals surface area contributed by atoms with Crippen LogP contribution in [0.1, 0.15) is 18.5 Å². The van der Waals surface area contributed by atoms with Crippen LogP contribution in [0.4, 0.5) is 0 Å². The predicted octanol–water partition coefficient (Wildman–Crippen LogP) is 2.85. The van der Waals surface area contributed by atoms with E-state index in [1.807, 2.05) is 12.3 Å². The maximum absolute atomic E-state index is 8.30. The van der Waals surface area contributed by atoms with Gasteiger partial charge >= 0.3 is 0 Å². The Labute approximate surface area is 80.6 Å². The normalized spacial score (nSPS) is 9.67. The molecule has 0 saturated carbocycles. The molecular formula is C8H10N2S2. The number of unbranched alkanes of at least 4 members (excludes halogenated alkanes) is 1. The summed E-state index contributed by atoms with van der Waals surface area (Å²) < 4.78 is 1.12. The minimum atomic E-state index is 0.650. The Morgan fingerprint density at radius 1 is 1.75 bits per heavy atom. The maximum atomic E-state index is 8.30. The first-order valence-electron chi connectivity index (χ1n) is 3.75. The molecule has 64 valence electrons. The molecule has 0 atom stereocenters. The number of aryl methyl sites for hydroxylation is 1. The van der Waals surface area contributed by atoms with Crippen molar-refractivity contribution < 1.29 is 0 Å². The van der Waals surface area contributed by atoms with E-state index in [-0.39, 0.29) is 0 Å². The summed E-state index contributed by atoms with van der Waals surface area (Å²) in [6, 6.07) is 2.13. The van der Waals surface area contributed by atoms with Crippen LogP contribution in [0, 0.1) is 18.3 Å². The lowest BCUT2D eigenvalue weighted by Gasteiger charge is -1.91. The predicted molar refractivity (Wildman–Crippen MR) is 52.4 cm³/mol.